The van der Waals surface area contributed by atoms with Crippen LogP contribution in [0.4, 0.5) is 0 Å². The van der Waals surface area contributed by atoms with Gasteiger partial charge < -0.3 is 114 Å². The topological polar surface area (TPSA) is 372 Å². The minimum absolute atomic E-state index is 0.0198. The van der Waals surface area contributed by atoms with E-state index in [4.69, 9.17) is 47.4 Å². The molecule has 430 valence electrons. The van der Waals surface area contributed by atoms with Crippen LogP contribution in [0.25, 0.3) is 0 Å². The molecule has 0 amide bonds. The van der Waals surface area contributed by atoms with Crippen molar-refractivity contribution < 1.29 is 119 Å². The number of fused-ring (bicyclic) bond motifs is 7. The maximum absolute atomic E-state index is 14.7. The minimum Gasteiger partial charge on any atom is -0.394 e. The normalized spacial score (nSPS) is 57.0. The van der Waals surface area contributed by atoms with Crippen molar-refractivity contribution in [2.45, 2.75) is 226 Å². The number of rotatable bonds is 12. The Balaban J connectivity index is 0.827. The van der Waals surface area contributed by atoms with Gasteiger partial charge in [-0.3, -0.25) is 4.79 Å². The third kappa shape index (κ3) is 9.60. The molecule has 0 bridgehead atoms. The highest BCUT2D eigenvalue weighted by Crippen LogP contribution is 2.70. The zero-order valence-corrected chi connectivity index (χ0v) is 42.9. The highest BCUT2D eigenvalue weighted by molar-refractivity contribution is 5.87. The monoisotopic (exact) mass is 1080 g/mol. The van der Waals surface area contributed by atoms with Gasteiger partial charge >= 0.3 is 0 Å². The van der Waals surface area contributed by atoms with Crippen molar-refractivity contribution in [2.24, 2.45) is 52.3 Å². The van der Waals surface area contributed by atoms with Crippen LogP contribution >= 0.6 is 0 Å². The number of Topliss-reactive ketones (excluding diaryl/α,β-unsaturated/α-hetero) is 1. The number of hydrogen-bond acceptors (Lipinski definition) is 24. The maximum atomic E-state index is 14.7. The summed E-state index contributed by atoms with van der Waals surface area (Å²) in [6.07, 6.45) is -29.7. The summed E-state index contributed by atoms with van der Waals surface area (Å²) in [5.41, 5.74) is -0.651. The van der Waals surface area contributed by atoms with Gasteiger partial charge in [-0.1, -0.05) is 27.7 Å². The van der Waals surface area contributed by atoms with Crippen LogP contribution in [0.1, 0.15) is 85.5 Å². The van der Waals surface area contributed by atoms with Gasteiger partial charge in [-0.15, -0.1) is 0 Å². The van der Waals surface area contributed by atoms with E-state index >= 15 is 0 Å². The number of ether oxygens (including phenoxy) is 10. The van der Waals surface area contributed by atoms with Crippen molar-refractivity contribution >= 4 is 5.78 Å². The number of carbonyl (C=O) groups excluding carboxylic acids is 1. The van der Waals surface area contributed by atoms with Gasteiger partial charge in [0.2, 0.25) is 0 Å². The second-order valence-electron chi connectivity index (χ2n) is 24.2. The summed E-state index contributed by atoms with van der Waals surface area (Å²) < 4.78 is 61.2. The first-order valence-electron chi connectivity index (χ1n) is 27.3. The molecular weight excluding hydrogens is 997 g/mol. The molecule has 24 heteroatoms. The molecule has 13 N–H and O–H groups in total. The molecular formula is C51H82O24. The molecule has 32 atom stereocenters. The Kier molecular flexibility index (Phi) is 16.7. The van der Waals surface area contributed by atoms with E-state index in [9.17, 15) is 71.2 Å². The largest absolute Gasteiger partial charge is 0.394 e. The van der Waals surface area contributed by atoms with Crippen molar-refractivity contribution in [1.82, 2.24) is 0 Å². The van der Waals surface area contributed by atoms with Crippen LogP contribution in [0.2, 0.25) is 0 Å². The second kappa shape index (κ2) is 21.9. The Morgan fingerprint density at radius 3 is 1.69 bits per heavy atom. The van der Waals surface area contributed by atoms with Gasteiger partial charge in [0.05, 0.1) is 45.2 Å². The van der Waals surface area contributed by atoms with Gasteiger partial charge in [-0.25, -0.2) is 0 Å². The lowest BCUT2D eigenvalue weighted by molar-refractivity contribution is -0.406. The van der Waals surface area contributed by atoms with E-state index in [1.807, 2.05) is 0 Å². The molecule has 6 aliphatic heterocycles. The first-order chi connectivity index (χ1) is 35.6. The van der Waals surface area contributed by atoms with Crippen LogP contribution < -0.4 is 0 Å². The van der Waals surface area contributed by atoms with E-state index in [0.29, 0.717) is 43.5 Å². The zero-order valence-electron chi connectivity index (χ0n) is 42.9. The fraction of sp³-hybridized carbons (Fsp3) is 0.980. The molecule has 6 heterocycles. The lowest BCUT2D eigenvalue weighted by Crippen LogP contribution is -2.68. The fourth-order valence-electron chi connectivity index (χ4n) is 15.8. The Morgan fingerprint density at radius 2 is 1.09 bits per heavy atom. The molecule has 24 nitrogen and oxygen atoms in total. The van der Waals surface area contributed by atoms with Crippen molar-refractivity contribution in [3.63, 3.8) is 0 Å². The fourth-order valence-corrected chi connectivity index (χ4v) is 15.8. The van der Waals surface area contributed by atoms with Crippen LogP contribution in [0, 0.1) is 52.3 Å². The van der Waals surface area contributed by atoms with E-state index in [-0.39, 0.29) is 41.1 Å². The summed E-state index contributed by atoms with van der Waals surface area (Å²) >= 11 is 0. The summed E-state index contributed by atoms with van der Waals surface area (Å²) in [6.45, 7) is 6.12. The average molecular weight is 1080 g/mol. The van der Waals surface area contributed by atoms with E-state index in [2.05, 4.69) is 27.7 Å². The molecule has 10 fully saturated rings. The van der Waals surface area contributed by atoms with Crippen molar-refractivity contribution in [1.29, 1.82) is 0 Å². The molecule has 0 radical (unpaired) electrons. The van der Waals surface area contributed by atoms with Gasteiger partial charge in [0.25, 0.3) is 0 Å². The highest BCUT2D eigenvalue weighted by Gasteiger charge is 2.72. The zero-order chi connectivity index (χ0) is 53.8. The second-order valence-corrected chi connectivity index (χ2v) is 24.2. The van der Waals surface area contributed by atoms with Crippen LogP contribution in [-0.4, -0.2) is 246 Å². The van der Waals surface area contributed by atoms with Crippen molar-refractivity contribution in [3.05, 3.63) is 0 Å². The Morgan fingerprint density at radius 1 is 0.547 bits per heavy atom. The van der Waals surface area contributed by atoms with Crippen molar-refractivity contribution in [2.75, 3.05) is 33.0 Å². The minimum atomic E-state index is -2.05. The number of carbonyl (C=O) groups is 1. The first-order valence-corrected chi connectivity index (χ1v) is 27.3. The lowest BCUT2D eigenvalue weighted by atomic mass is 9.44. The smallest absolute Gasteiger partial charge is 0.187 e. The number of aliphatic hydroxyl groups excluding tert-OH is 13. The number of hydrogen-bond donors (Lipinski definition) is 13. The summed E-state index contributed by atoms with van der Waals surface area (Å²) in [6, 6.07) is 0. The summed E-state index contributed by atoms with van der Waals surface area (Å²) in [5, 5.41) is 140. The average Bonchev–Trinajstić information content (AvgIpc) is 3.87. The van der Waals surface area contributed by atoms with Gasteiger partial charge in [0.1, 0.15) is 103 Å². The van der Waals surface area contributed by atoms with E-state index in [1.165, 1.54) is 0 Å². The summed E-state index contributed by atoms with van der Waals surface area (Å²) in [5.74, 6) is 1.32. The molecule has 75 heavy (non-hydrogen) atoms. The Labute approximate surface area is 435 Å². The van der Waals surface area contributed by atoms with E-state index < -0.39 is 167 Å². The predicted octanol–water partition coefficient (Wildman–Crippen LogP) is -3.73. The standard InChI is InChI=1S/C51H82O24/c1-19-7-10-51(66-18-19)20(2)32-26(75-51)12-25-23-6-5-21-11-22(8-9-49(21,3)24(23)13-31(56)50(25,32)4)67-45-41(65)38(62)42(30(17-55)71-45)72-48-44(74-47-40(64)37(61)34(58)28(15-53)69-47)43(35(59)29(16-54)70-48)73-46-39(63)36(60)33(57)27(14-52)68-46/h19-30,32-48,52-55,57-65H,5-18H2,1-4H3/t19?,20-,21-,22-,23+,24-,25-,26-,27+,28+,29+,30+,32-,33+,34+,35+,36-,37-,38+,39+,40+,41+,42-,43-,44+,45+,46-,47-,48-,49-,50+,51+/m0/s1. The molecule has 1 spiro atoms. The molecule has 10 rings (SSSR count). The van der Waals surface area contributed by atoms with Gasteiger partial charge in [0.15, 0.2) is 30.9 Å². The van der Waals surface area contributed by atoms with Gasteiger partial charge in [0, 0.05) is 30.1 Å². The molecule has 10 aliphatic rings. The molecule has 4 saturated carbocycles. The van der Waals surface area contributed by atoms with Crippen LogP contribution in [0.15, 0.2) is 0 Å². The van der Waals surface area contributed by atoms with E-state index in [1.54, 1.807) is 0 Å². The number of ketones is 1. The lowest BCUT2D eigenvalue weighted by Gasteiger charge is -2.60. The molecule has 0 aromatic heterocycles. The van der Waals surface area contributed by atoms with Crippen molar-refractivity contribution in [3.8, 4) is 0 Å². The quantitative estimate of drug-likeness (QED) is 0.0836. The molecule has 6 saturated heterocycles. The molecule has 0 aromatic carbocycles. The Bertz CT molecular complexity index is 1960. The highest BCUT2D eigenvalue weighted by atomic mass is 16.8. The summed E-state index contributed by atoms with van der Waals surface area (Å²) in [7, 11) is 0. The number of aliphatic hydroxyl groups is 13. The van der Waals surface area contributed by atoms with Crippen LogP contribution in [0.3, 0.4) is 0 Å². The third-order valence-electron chi connectivity index (χ3n) is 20.3. The van der Waals surface area contributed by atoms with Gasteiger partial charge in [-0.05, 0) is 80.0 Å². The van der Waals surface area contributed by atoms with Crippen LogP contribution in [-0.2, 0) is 52.2 Å². The maximum Gasteiger partial charge on any atom is 0.187 e. The van der Waals surface area contributed by atoms with Crippen LogP contribution in [0.5, 0.6) is 0 Å². The van der Waals surface area contributed by atoms with Gasteiger partial charge in [-0.2, -0.15) is 0 Å². The molecule has 1 unspecified atom stereocenters. The molecule has 4 aliphatic carbocycles. The molecule has 0 aromatic rings. The van der Waals surface area contributed by atoms with E-state index in [0.717, 1.165) is 38.5 Å². The summed E-state index contributed by atoms with van der Waals surface area (Å²) in [4.78, 5) is 14.7. The third-order valence-corrected chi connectivity index (χ3v) is 20.3. The first kappa shape index (κ1) is 57.0. The Hall–Kier alpha value is -1.25. The SMILES string of the molecule is CC1CC[C@@]2(OC1)O[C@H]1C[C@H]3[C@@H]4CC[C@H]5C[C@@H](O[C@@H]6O[C@H](CO)[C@H](O[C@@H]7O[C@H](CO)[C@@H](O)[C@H](O[C@@H]8O[C@H](CO)[C@@H](O)[C@H](O)[C@H]8O)[C@H]7O[C@@H]7O[C@H](CO)[C@@H](O)[C@H](O)[C@H]7O)[C@H](O)[C@H]6O)CC[C@]5(C)[C@H]4CC(=O)[C@]3(C)[C@H]1[C@@H]2C. The predicted molar refractivity (Wildman–Crippen MR) is 249 cm³/mol.